The Kier molecular flexibility index (Phi) is 5.33. The molecule has 0 saturated carbocycles. The number of amides is 1. The summed E-state index contributed by atoms with van der Waals surface area (Å²) < 4.78 is 2.25. The van der Waals surface area contributed by atoms with Gasteiger partial charge >= 0.3 is 0 Å². The molecule has 1 saturated heterocycles. The third kappa shape index (κ3) is 3.51. The van der Waals surface area contributed by atoms with Gasteiger partial charge in [0.2, 0.25) is 0 Å². The molecule has 0 aliphatic carbocycles. The maximum absolute atomic E-state index is 12.8. The number of aliphatic imine (C=N–C) groups is 1. The fourth-order valence-electron chi connectivity index (χ4n) is 3.83. The molecule has 1 aliphatic rings. The summed E-state index contributed by atoms with van der Waals surface area (Å²) in [5, 5.41) is 3.25. The van der Waals surface area contributed by atoms with Crippen molar-refractivity contribution in [1.29, 1.82) is 0 Å². The lowest BCUT2D eigenvalue weighted by Gasteiger charge is -2.11. The van der Waals surface area contributed by atoms with Gasteiger partial charge in [-0.1, -0.05) is 30.3 Å². The predicted octanol–water partition coefficient (Wildman–Crippen LogP) is 5.56. The summed E-state index contributed by atoms with van der Waals surface area (Å²) in [7, 11) is 0. The molecule has 0 unspecified atom stereocenters. The average Bonchev–Trinajstić information content (AvgIpc) is 3.17. The van der Waals surface area contributed by atoms with Crippen molar-refractivity contribution in [3.8, 4) is 5.69 Å². The Morgan fingerprint density at radius 2 is 1.79 bits per heavy atom. The van der Waals surface area contributed by atoms with Crippen LogP contribution in [0, 0.1) is 13.8 Å². The Balaban J connectivity index is 1.75. The maximum atomic E-state index is 12.8. The molecule has 4 nitrogen and oxygen atoms in total. The number of aromatic nitrogens is 1. The van der Waals surface area contributed by atoms with Gasteiger partial charge in [0.15, 0.2) is 5.17 Å². The summed E-state index contributed by atoms with van der Waals surface area (Å²) in [6.45, 7) is 9.50. The van der Waals surface area contributed by atoms with Gasteiger partial charge in [0.05, 0.1) is 4.91 Å². The van der Waals surface area contributed by atoms with E-state index < -0.39 is 0 Å². The summed E-state index contributed by atoms with van der Waals surface area (Å²) in [6.07, 6.45) is 2.01. The van der Waals surface area contributed by atoms with Crippen molar-refractivity contribution in [3.05, 3.63) is 70.4 Å². The van der Waals surface area contributed by atoms with Gasteiger partial charge in [-0.2, -0.15) is 0 Å². The Morgan fingerprint density at radius 1 is 1.03 bits per heavy atom. The standard InChI is InChI=1S/C24H25N3OS/c1-5-25-24-26(6-2)23(28)22(29-24)15-20-13-16(3)27(17(20)4)21-12-11-18-9-7-8-10-19(18)14-21/h7-15H,5-6H2,1-4H3/b22-15+,25-24?. The van der Waals surface area contributed by atoms with Crippen LogP contribution in [-0.4, -0.2) is 33.6 Å². The van der Waals surface area contributed by atoms with E-state index >= 15 is 0 Å². The van der Waals surface area contributed by atoms with E-state index in [1.165, 1.54) is 22.5 Å². The van der Waals surface area contributed by atoms with Crippen LogP contribution in [0.3, 0.4) is 0 Å². The summed E-state index contributed by atoms with van der Waals surface area (Å²) >= 11 is 1.47. The molecule has 148 valence electrons. The van der Waals surface area contributed by atoms with Crippen LogP contribution in [0.5, 0.6) is 0 Å². The first-order valence-corrected chi connectivity index (χ1v) is 10.8. The Morgan fingerprint density at radius 3 is 2.52 bits per heavy atom. The van der Waals surface area contributed by atoms with Gasteiger partial charge in [-0.25, -0.2) is 0 Å². The van der Waals surface area contributed by atoms with Crippen molar-refractivity contribution in [2.24, 2.45) is 4.99 Å². The van der Waals surface area contributed by atoms with E-state index in [2.05, 4.69) is 71.9 Å². The molecule has 0 N–H and O–H groups in total. The van der Waals surface area contributed by atoms with E-state index in [1.807, 2.05) is 19.9 Å². The molecule has 1 aliphatic heterocycles. The number of hydrogen-bond acceptors (Lipinski definition) is 3. The minimum absolute atomic E-state index is 0.0419. The maximum Gasteiger partial charge on any atom is 0.266 e. The van der Waals surface area contributed by atoms with Gasteiger partial charge in [0.1, 0.15) is 0 Å². The van der Waals surface area contributed by atoms with E-state index in [9.17, 15) is 4.79 Å². The number of likely N-dealkylation sites (N-methyl/N-ethyl adjacent to an activating group) is 1. The second-order valence-corrected chi connectivity index (χ2v) is 8.12. The molecular weight excluding hydrogens is 378 g/mol. The molecule has 1 amide bonds. The molecule has 0 spiro atoms. The molecule has 1 fully saturated rings. The second-order valence-electron chi connectivity index (χ2n) is 7.11. The molecule has 5 heteroatoms. The fourth-order valence-corrected chi connectivity index (χ4v) is 4.92. The quantitative estimate of drug-likeness (QED) is 0.535. The molecule has 0 atom stereocenters. The van der Waals surface area contributed by atoms with Crippen molar-refractivity contribution in [3.63, 3.8) is 0 Å². The van der Waals surface area contributed by atoms with Gasteiger partial charge in [-0.3, -0.25) is 14.7 Å². The highest BCUT2D eigenvalue weighted by molar-refractivity contribution is 8.18. The highest BCUT2D eigenvalue weighted by Crippen LogP contribution is 2.34. The van der Waals surface area contributed by atoms with Crippen LogP contribution >= 0.6 is 11.8 Å². The lowest BCUT2D eigenvalue weighted by atomic mass is 10.1. The minimum Gasteiger partial charge on any atom is -0.318 e. The van der Waals surface area contributed by atoms with E-state index in [1.54, 1.807) is 4.90 Å². The zero-order valence-electron chi connectivity index (χ0n) is 17.3. The third-order valence-electron chi connectivity index (χ3n) is 5.25. The normalized spacial score (nSPS) is 17.2. The summed E-state index contributed by atoms with van der Waals surface area (Å²) in [6, 6.07) is 17.1. The second kappa shape index (κ2) is 7.91. The van der Waals surface area contributed by atoms with Gasteiger partial charge < -0.3 is 4.57 Å². The van der Waals surface area contributed by atoms with Crippen molar-refractivity contribution >= 4 is 39.7 Å². The van der Waals surface area contributed by atoms with Crippen LogP contribution in [0.4, 0.5) is 0 Å². The molecule has 0 bridgehead atoms. The minimum atomic E-state index is 0.0419. The molecule has 29 heavy (non-hydrogen) atoms. The van der Waals surface area contributed by atoms with Gasteiger partial charge in [0, 0.05) is 30.2 Å². The number of rotatable bonds is 4. The highest BCUT2D eigenvalue weighted by Gasteiger charge is 2.32. The number of hydrogen-bond donors (Lipinski definition) is 0. The van der Waals surface area contributed by atoms with Crippen LogP contribution in [-0.2, 0) is 4.79 Å². The molecule has 3 aromatic rings. The number of fused-ring (bicyclic) bond motifs is 1. The van der Waals surface area contributed by atoms with E-state index in [0.29, 0.717) is 13.1 Å². The number of carbonyl (C=O) groups is 1. The Labute approximate surface area is 175 Å². The number of aryl methyl sites for hydroxylation is 1. The number of thioether (sulfide) groups is 1. The zero-order chi connectivity index (χ0) is 20.5. The van der Waals surface area contributed by atoms with Gasteiger partial charge in [-0.05, 0) is 80.1 Å². The fraction of sp³-hybridized carbons (Fsp3) is 0.250. The molecule has 1 aromatic heterocycles. The number of nitrogens with zero attached hydrogens (tertiary/aromatic N) is 3. The van der Waals surface area contributed by atoms with Crippen molar-refractivity contribution < 1.29 is 4.79 Å². The molecule has 2 heterocycles. The SMILES string of the molecule is CCN=C1S/C(=C/c2cc(C)n(-c3ccc4ccccc4c3)c2C)C(=O)N1CC. The zero-order valence-corrected chi connectivity index (χ0v) is 18.1. The first-order valence-electron chi connectivity index (χ1n) is 9.97. The molecule has 2 aromatic carbocycles. The highest BCUT2D eigenvalue weighted by atomic mass is 32.2. The first kappa shape index (κ1) is 19.5. The topological polar surface area (TPSA) is 37.6 Å². The van der Waals surface area contributed by atoms with E-state index in [-0.39, 0.29) is 5.91 Å². The van der Waals surface area contributed by atoms with Gasteiger partial charge in [-0.15, -0.1) is 0 Å². The van der Waals surface area contributed by atoms with Crippen molar-refractivity contribution in [2.45, 2.75) is 27.7 Å². The van der Waals surface area contributed by atoms with Gasteiger partial charge in [0.25, 0.3) is 5.91 Å². The summed E-state index contributed by atoms with van der Waals surface area (Å²) in [5.74, 6) is 0.0419. The predicted molar refractivity (Wildman–Crippen MR) is 124 cm³/mol. The van der Waals surface area contributed by atoms with E-state index in [0.717, 1.165) is 32.7 Å². The number of benzene rings is 2. The lowest BCUT2D eigenvalue weighted by Crippen LogP contribution is -2.28. The summed E-state index contributed by atoms with van der Waals surface area (Å²) in [4.78, 5) is 19.8. The number of amidine groups is 1. The van der Waals surface area contributed by atoms with Crippen LogP contribution in [0.15, 0.2) is 58.4 Å². The van der Waals surface area contributed by atoms with Crippen LogP contribution in [0.2, 0.25) is 0 Å². The monoisotopic (exact) mass is 403 g/mol. The Bertz CT molecular complexity index is 1160. The van der Waals surface area contributed by atoms with Crippen molar-refractivity contribution in [1.82, 2.24) is 9.47 Å². The Hall–Kier alpha value is -2.79. The third-order valence-corrected chi connectivity index (χ3v) is 6.29. The molecule has 0 radical (unpaired) electrons. The van der Waals surface area contributed by atoms with Crippen LogP contribution < -0.4 is 0 Å². The van der Waals surface area contributed by atoms with Crippen molar-refractivity contribution in [2.75, 3.05) is 13.1 Å². The number of carbonyl (C=O) groups excluding carboxylic acids is 1. The molecular formula is C24H25N3OS. The lowest BCUT2D eigenvalue weighted by molar-refractivity contribution is -0.122. The smallest absolute Gasteiger partial charge is 0.266 e. The van der Waals surface area contributed by atoms with E-state index in [4.69, 9.17) is 0 Å². The first-order chi connectivity index (χ1) is 14.0. The average molecular weight is 404 g/mol. The van der Waals surface area contributed by atoms with Crippen LogP contribution in [0.1, 0.15) is 30.8 Å². The molecule has 4 rings (SSSR count). The van der Waals surface area contributed by atoms with Crippen LogP contribution in [0.25, 0.3) is 22.5 Å². The largest absolute Gasteiger partial charge is 0.318 e. The summed E-state index contributed by atoms with van der Waals surface area (Å²) in [5.41, 5.74) is 4.48.